The number of benzene rings is 1. The Balaban J connectivity index is 2.29. The molecule has 0 aliphatic rings. The summed E-state index contributed by atoms with van der Waals surface area (Å²) in [5.74, 6) is 0.464. The molecule has 5 heteroatoms. The average Bonchev–Trinajstić information content (AvgIpc) is 2.45. The molecule has 0 saturated heterocycles. The van der Waals surface area contributed by atoms with E-state index in [9.17, 15) is 9.18 Å². The monoisotopic (exact) mass is 299 g/mol. The Morgan fingerprint density at radius 1 is 1.45 bits per heavy atom. The number of hydrogen-bond donors (Lipinski definition) is 1. The Hall–Kier alpha value is -1.07. The topological polar surface area (TPSA) is 38.3 Å². The lowest BCUT2D eigenvalue weighted by molar-refractivity contribution is -0.148. The third-order valence-electron chi connectivity index (χ3n) is 3.32. The number of rotatable bonds is 8. The predicted molar refractivity (Wildman–Crippen MR) is 80.5 cm³/mol. The molecule has 1 aromatic carbocycles. The molecular weight excluding hydrogens is 277 g/mol. The first kappa shape index (κ1) is 17.0. The van der Waals surface area contributed by atoms with Gasteiger partial charge in [-0.3, -0.25) is 4.79 Å². The summed E-state index contributed by atoms with van der Waals surface area (Å²) in [6, 6.07) is 6.60. The maximum atomic E-state index is 13.0. The zero-order valence-electron chi connectivity index (χ0n) is 12.2. The van der Waals surface area contributed by atoms with Crippen LogP contribution in [-0.4, -0.2) is 31.4 Å². The molecule has 0 amide bonds. The van der Waals surface area contributed by atoms with Crippen molar-refractivity contribution in [1.29, 1.82) is 0 Å². The number of esters is 1. The van der Waals surface area contributed by atoms with Crippen LogP contribution in [-0.2, 0) is 9.53 Å². The Bertz CT molecular complexity index is 442. The van der Waals surface area contributed by atoms with Crippen molar-refractivity contribution in [3.63, 3.8) is 0 Å². The quantitative estimate of drug-likeness (QED) is 0.454. The van der Waals surface area contributed by atoms with E-state index >= 15 is 0 Å². The molecule has 0 bridgehead atoms. The van der Waals surface area contributed by atoms with E-state index in [1.807, 2.05) is 13.0 Å². The minimum Gasteiger partial charge on any atom is -0.468 e. The Morgan fingerprint density at radius 3 is 2.80 bits per heavy atom. The van der Waals surface area contributed by atoms with Gasteiger partial charge in [0.05, 0.1) is 7.11 Å². The highest BCUT2D eigenvalue weighted by molar-refractivity contribution is 7.99. The summed E-state index contributed by atoms with van der Waals surface area (Å²) in [5.41, 5.74) is -0.627. The van der Waals surface area contributed by atoms with Crippen LogP contribution in [0.3, 0.4) is 0 Å². The van der Waals surface area contributed by atoms with Crippen LogP contribution in [0.25, 0.3) is 0 Å². The first-order chi connectivity index (χ1) is 9.51. The van der Waals surface area contributed by atoms with Gasteiger partial charge in [-0.05, 0) is 50.8 Å². The van der Waals surface area contributed by atoms with E-state index < -0.39 is 5.54 Å². The molecule has 1 unspecified atom stereocenters. The minimum absolute atomic E-state index is 0.205. The molecule has 1 N–H and O–H groups in total. The summed E-state index contributed by atoms with van der Waals surface area (Å²) in [7, 11) is 3.16. The lowest BCUT2D eigenvalue weighted by Crippen LogP contribution is -2.48. The van der Waals surface area contributed by atoms with Gasteiger partial charge in [0, 0.05) is 4.90 Å². The highest BCUT2D eigenvalue weighted by Gasteiger charge is 2.31. The second kappa shape index (κ2) is 8.27. The van der Waals surface area contributed by atoms with E-state index in [1.165, 1.54) is 19.2 Å². The van der Waals surface area contributed by atoms with E-state index in [2.05, 4.69) is 5.32 Å². The molecule has 0 saturated carbocycles. The van der Waals surface area contributed by atoms with Crippen LogP contribution >= 0.6 is 11.8 Å². The Kier molecular flexibility index (Phi) is 7.02. The standard InChI is InChI=1S/C15H22FNO2S/c1-15(17-2,14(18)19-3)9-4-5-10-20-13-8-6-7-12(16)11-13/h6-8,11,17H,4-5,9-10H2,1-3H3. The van der Waals surface area contributed by atoms with Crippen molar-refractivity contribution in [1.82, 2.24) is 5.32 Å². The fourth-order valence-electron chi connectivity index (χ4n) is 1.88. The van der Waals surface area contributed by atoms with E-state index in [0.29, 0.717) is 0 Å². The molecular formula is C15H22FNO2S. The Morgan fingerprint density at radius 2 is 2.20 bits per heavy atom. The third-order valence-corrected chi connectivity index (χ3v) is 4.40. The van der Waals surface area contributed by atoms with Gasteiger partial charge in [-0.2, -0.15) is 0 Å². The highest BCUT2D eigenvalue weighted by Crippen LogP contribution is 2.22. The van der Waals surface area contributed by atoms with Gasteiger partial charge in [-0.25, -0.2) is 4.39 Å². The zero-order valence-corrected chi connectivity index (χ0v) is 13.1. The van der Waals surface area contributed by atoms with Gasteiger partial charge in [0.2, 0.25) is 0 Å². The molecule has 0 fully saturated rings. The summed E-state index contributed by atoms with van der Waals surface area (Å²) >= 11 is 1.63. The van der Waals surface area contributed by atoms with Crippen LogP contribution in [0.15, 0.2) is 29.2 Å². The van der Waals surface area contributed by atoms with Crippen LogP contribution in [0.5, 0.6) is 0 Å². The number of halogens is 1. The van der Waals surface area contributed by atoms with E-state index in [0.717, 1.165) is 29.9 Å². The summed E-state index contributed by atoms with van der Waals surface area (Å²) < 4.78 is 17.8. The number of ether oxygens (including phenoxy) is 1. The van der Waals surface area contributed by atoms with Crippen molar-refractivity contribution >= 4 is 17.7 Å². The van der Waals surface area contributed by atoms with Crippen LogP contribution < -0.4 is 5.32 Å². The van der Waals surface area contributed by atoms with Crippen LogP contribution in [0.2, 0.25) is 0 Å². The summed E-state index contributed by atoms with van der Waals surface area (Å²) in [6.07, 6.45) is 2.60. The number of likely N-dealkylation sites (N-methyl/N-ethyl adjacent to an activating group) is 1. The molecule has 1 rings (SSSR count). The largest absolute Gasteiger partial charge is 0.468 e. The maximum absolute atomic E-state index is 13.0. The van der Waals surface area contributed by atoms with Crippen molar-refractivity contribution in [3.8, 4) is 0 Å². The van der Waals surface area contributed by atoms with Crippen molar-refractivity contribution < 1.29 is 13.9 Å². The van der Waals surface area contributed by atoms with E-state index in [-0.39, 0.29) is 11.8 Å². The van der Waals surface area contributed by atoms with Crippen LogP contribution in [0.1, 0.15) is 26.2 Å². The first-order valence-corrected chi connectivity index (χ1v) is 7.66. The molecule has 0 spiro atoms. The predicted octanol–water partition coefficient (Wildman–Crippen LogP) is 3.24. The van der Waals surface area contributed by atoms with Gasteiger partial charge >= 0.3 is 5.97 Å². The fourth-order valence-corrected chi connectivity index (χ4v) is 2.84. The molecule has 0 radical (unpaired) electrons. The van der Waals surface area contributed by atoms with Gasteiger partial charge in [0.1, 0.15) is 11.4 Å². The number of carbonyl (C=O) groups excluding carboxylic acids is 1. The average molecular weight is 299 g/mol. The Labute approximate surface area is 124 Å². The molecule has 20 heavy (non-hydrogen) atoms. The number of unbranched alkanes of at least 4 members (excludes halogenated alkanes) is 1. The summed E-state index contributed by atoms with van der Waals surface area (Å²) in [4.78, 5) is 12.6. The van der Waals surface area contributed by atoms with Crippen LogP contribution in [0.4, 0.5) is 4.39 Å². The van der Waals surface area contributed by atoms with E-state index in [1.54, 1.807) is 24.9 Å². The van der Waals surface area contributed by atoms with Crippen LogP contribution in [0, 0.1) is 5.82 Å². The molecule has 0 aliphatic heterocycles. The van der Waals surface area contributed by atoms with Gasteiger partial charge in [-0.15, -0.1) is 11.8 Å². The SMILES string of the molecule is CNC(C)(CCCCSc1cccc(F)c1)C(=O)OC. The number of thioether (sulfide) groups is 1. The van der Waals surface area contributed by atoms with Gasteiger partial charge in [0.15, 0.2) is 0 Å². The second-order valence-electron chi connectivity index (χ2n) is 4.84. The zero-order chi connectivity index (χ0) is 15.0. The number of hydrogen-bond acceptors (Lipinski definition) is 4. The third kappa shape index (κ3) is 5.13. The fraction of sp³-hybridized carbons (Fsp3) is 0.533. The minimum atomic E-state index is -0.627. The first-order valence-electron chi connectivity index (χ1n) is 6.67. The van der Waals surface area contributed by atoms with Crippen molar-refractivity contribution in [2.45, 2.75) is 36.6 Å². The number of methoxy groups -OCH3 is 1. The maximum Gasteiger partial charge on any atom is 0.325 e. The lowest BCUT2D eigenvalue weighted by atomic mass is 9.95. The molecule has 0 aliphatic carbocycles. The highest BCUT2D eigenvalue weighted by atomic mass is 32.2. The molecule has 0 aromatic heterocycles. The van der Waals surface area contributed by atoms with Gasteiger partial charge in [0.25, 0.3) is 0 Å². The number of carbonyl (C=O) groups is 1. The normalized spacial score (nSPS) is 13.8. The van der Waals surface area contributed by atoms with Gasteiger partial charge in [-0.1, -0.05) is 12.5 Å². The second-order valence-corrected chi connectivity index (χ2v) is 6.00. The molecule has 1 aromatic rings. The lowest BCUT2D eigenvalue weighted by Gasteiger charge is -2.25. The summed E-state index contributed by atoms with van der Waals surface area (Å²) in [5, 5.41) is 3.01. The molecule has 3 nitrogen and oxygen atoms in total. The molecule has 1 atom stereocenters. The number of nitrogens with one attached hydrogen (secondary N) is 1. The molecule has 112 valence electrons. The van der Waals surface area contributed by atoms with Crippen molar-refractivity contribution in [3.05, 3.63) is 30.1 Å². The molecule has 0 heterocycles. The van der Waals surface area contributed by atoms with E-state index in [4.69, 9.17) is 4.74 Å². The van der Waals surface area contributed by atoms with Crippen molar-refractivity contribution in [2.75, 3.05) is 19.9 Å². The van der Waals surface area contributed by atoms with Crippen molar-refractivity contribution in [2.24, 2.45) is 0 Å². The summed E-state index contributed by atoms with van der Waals surface area (Å²) in [6.45, 7) is 1.85. The smallest absolute Gasteiger partial charge is 0.325 e. The van der Waals surface area contributed by atoms with Gasteiger partial charge < -0.3 is 10.1 Å².